The van der Waals surface area contributed by atoms with Gasteiger partial charge < -0.3 is 0 Å². The molecule has 4 aliphatic carbocycles. The van der Waals surface area contributed by atoms with Gasteiger partial charge in [0.15, 0.2) is 0 Å². The zero-order valence-corrected chi connectivity index (χ0v) is 17.4. The fraction of sp³-hybridized carbons (Fsp3) is 0.333. The molecule has 0 heterocycles. The van der Waals surface area contributed by atoms with Crippen molar-refractivity contribution in [3.05, 3.63) is 109 Å². The van der Waals surface area contributed by atoms with Crippen LogP contribution in [-0.2, 0) is 0 Å². The summed E-state index contributed by atoms with van der Waals surface area (Å²) in [5.74, 6) is 12.5. The third kappa shape index (κ3) is 3.12. The van der Waals surface area contributed by atoms with E-state index in [9.17, 15) is 0 Å². The van der Waals surface area contributed by atoms with Crippen LogP contribution in [0.2, 0.25) is 0 Å². The third-order valence-corrected chi connectivity index (χ3v) is 6.25. The van der Waals surface area contributed by atoms with Crippen LogP contribution in [0.25, 0.3) is 0 Å². The molecule has 4 aliphatic rings. The number of hydrogen-bond acceptors (Lipinski definition) is 0. The molecular weight excluding hydrogens is 324 g/mol. The molecule has 2 saturated carbocycles. The molecule has 0 bridgehead atoms. The molecule has 4 rings (SSSR count). The average Bonchev–Trinajstić information content (AvgIpc) is 3.22. The van der Waals surface area contributed by atoms with E-state index in [0.717, 1.165) is 0 Å². The van der Waals surface area contributed by atoms with Gasteiger partial charge in [-0.15, -0.1) is 0 Å². The van der Waals surface area contributed by atoms with Crippen molar-refractivity contribution < 1.29 is 0 Å². The molecule has 0 amide bonds. The van der Waals surface area contributed by atoms with E-state index in [-0.39, 0.29) is 5.41 Å². The highest BCUT2D eigenvalue weighted by Crippen LogP contribution is 2.66. The Bertz CT molecular complexity index is 600. The summed E-state index contributed by atoms with van der Waals surface area (Å²) in [5.41, 5.74) is -0.0422. The van der Waals surface area contributed by atoms with Crippen molar-refractivity contribution in [3.8, 4) is 0 Å². The van der Waals surface area contributed by atoms with E-state index in [2.05, 4.69) is 103 Å². The van der Waals surface area contributed by atoms with E-state index in [0.29, 0.717) is 11.8 Å². The highest BCUT2D eigenvalue weighted by atomic mass is 14.6. The summed E-state index contributed by atoms with van der Waals surface area (Å²) in [7, 11) is 0. The number of allylic oxidation sites excluding steroid dienone is 8. The fourth-order valence-corrected chi connectivity index (χ4v) is 4.70. The monoisotopic (exact) mass is 354 g/mol. The summed E-state index contributed by atoms with van der Waals surface area (Å²) < 4.78 is 0. The lowest BCUT2D eigenvalue weighted by atomic mass is 9.61. The molecule has 0 heteroatoms. The molecule has 0 N–H and O–H groups in total. The quantitative estimate of drug-likeness (QED) is 0.533. The van der Waals surface area contributed by atoms with Crippen molar-refractivity contribution in [1.82, 2.24) is 0 Å². The minimum Gasteiger partial charge on any atom is -0.0759 e. The molecule has 0 aromatic heterocycles. The fourth-order valence-electron chi connectivity index (χ4n) is 4.70. The zero-order chi connectivity index (χ0) is 19.3. The van der Waals surface area contributed by atoms with Gasteiger partial charge in [0.1, 0.15) is 0 Å². The Kier molecular flexibility index (Phi) is 5.06. The average molecular weight is 355 g/mol. The van der Waals surface area contributed by atoms with Crippen LogP contribution in [0, 0.1) is 77.4 Å². The van der Waals surface area contributed by atoms with Crippen LogP contribution in [0.4, 0.5) is 0 Å². The first-order chi connectivity index (χ1) is 12.8. The molecular formula is C27H30. The second kappa shape index (κ2) is 7.09. The van der Waals surface area contributed by atoms with Crippen molar-refractivity contribution in [3.63, 3.8) is 0 Å². The van der Waals surface area contributed by atoms with Crippen molar-refractivity contribution in [2.45, 2.75) is 41.5 Å². The molecule has 138 valence electrons. The Labute approximate surface area is 167 Å². The number of rotatable bonds is 4. The molecule has 27 heavy (non-hydrogen) atoms. The standard InChI is InChI=1S/C27H30/c1-17(2)23-15-25(21-13-9-7-11-19(21)23)27(5,6)26-16-24(18(3)4)20-12-8-10-14-22(20)26/h7-18H,1-6H3. The maximum Gasteiger partial charge on any atom is 0.0167 e. The first kappa shape index (κ1) is 19.3. The molecule has 0 aliphatic heterocycles. The van der Waals surface area contributed by atoms with Gasteiger partial charge in [-0.3, -0.25) is 0 Å². The van der Waals surface area contributed by atoms with Crippen molar-refractivity contribution in [2.24, 2.45) is 17.3 Å². The van der Waals surface area contributed by atoms with Gasteiger partial charge in [-0.25, -0.2) is 0 Å². The van der Waals surface area contributed by atoms with Crippen molar-refractivity contribution >= 4 is 0 Å². The van der Waals surface area contributed by atoms with Crippen LogP contribution in [0.15, 0.2) is 48.6 Å². The molecule has 0 unspecified atom stereocenters. The second-order valence-electron chi connectivity index (χ2n) is 9.05. The van der Waals surface area contributed by atoms with Crippen LogP contribution < -0.4 is 0 Å². The normalized spacial score (nSPS) is 27.0. The Balaban J connectivity index is 1.64. The first-order valence-electron chi connectivity index (χ1n) is 10.2. The number of hydrogen-bond donors (Lipinski definition) is 0. The van der Waals surface area contributed by atoms with E-state index in [4.69, 9.17) is 0 Å². The molecule has 0 aromatic carbocycles. The van der Waals surface area contributed by atoms with Gasteiger partial charge in [0.25, 0.3) is 0 Å². The van der Waals surface area contributed by atoms with Crippen LogP contribution >= 0.6 is 0 Å². The van der Waals surface area contributed by atoms with E-state index in [1.165, 1.54) is 47.3 Å². The molecule has 10 radical (unpaired) electrons. The van der Waals surface area contributed by atoms with Crippen LogP contribution in [0.1, 0.15) is 41.5 Å². The maximum absolute atomic E-state index is 2.46. The van der Waals surface area contributed by atoms with E-state index >= 15 is 0 Å². The van der Waals surface area contributed by atoms with Gasteiger partial charge in [0.2, 0.25) is 0 Å². The Hall–Kier alpha value is -1.04. The topological polar surface area (TPSA) is 0 Å². The van der Waals surface area contributed by atoms with Gasteiger partial charge in [-0.2, -0.15) is 0 Å². The molecule has 2 fully saturated rings. The van der Waals surface area contributed by atoms with Gasteiger partial charge >= 0.3 is 0 Å². The van der Waals surface area contributed by atoms with E-state index < -0.39 is 0 Å². The van der Waals surface area contributed by atoms with E-state index in [1.807, 2.05) is 0 Å². The van der Waals surface area contributed by atoms with Crippen LogP contribution in [0.3, 0.4) is 0 Å². The van der Waals surface area contributed by atoms with Gasteiger partial charge in [-0.1, -0.05) is 90.2 Å². The lowest BCUT2D eigenvalue weighted by Crippen LogP contribution is -2.33. The first-order valence-corrected chi connectivity index (χ1v) is 10.2. The molecule has 0 spiro atoms. The Morgan fingerprint density at radius 2 is 0.889 bits per heavy atom. The predicted molar refractivity (Wildman–Crippen MR) is 115 cm³/mol. The lowest BCUT2D eigenvalue weighted by molar-refractivity contribution is 0.436. The minimum absolute atomic E-state index is 0.0422. The predicted octanol–water partition coefficient (Wildman–Crippen LogP) is 6.61. The summed E-state index contributed by atoms with van der Waals surface area (Å²) in [4.78, 5) is 0. The highest BCUT2D eigenvalue weighted by molar-refractivity contribution is 5.74. The van der Waals surface area contributed by atoms with Gasteiger partial charge in [-0.05, 0) is 53.8 Å². The van der Waals surface area contributed by atoms with Crippen LogP contribution in [-0.4, -0.2) is 0 Å². The summed E-state index contributed by atoms with van der Waals surface area (Å²) in [5, 5.41) is 0. The SMILES string of the molecule is CC(C)[C]1[CH][C](C(C)(C)[C]2[CH][C](C(C)C)[C]3C=CC=C[C]32)[C]2C=CC=C[C]21. The van der Waals surface area contributed by atoms with Gasteiger partial charge in [0.05, 0.1) is 0 Å². The molecule has 0 saturated heterocycles. The lowest BCUT2D eigenvalue weighted by Gasteiger charge is -2.42. The second-order valence-corrected chi connectivity index (χ2v) is 9.05. The van der Waals surface area contributed by atoms with Gasteiger partial charge in [0, 0.05) is 23.7 Å². The third-order valence-electron chi connectivity index (χ3n) is 6.25. The Morgan fingerprint density at radius 3 is 1.22 bits per heavy atom. The molecule has 0 nitrogen and oxygen atoms in total. The maximum atomic E-state index is 2.46. The summed E-state index contributed by atoms with van der Waals surface area (Å²) >= 11 is 0. The zero-order valence-electron chi connectivity index (χ0n) is 17.4. The van der Waals surface area contributed by atoms with Crippen LogP contribution in [0.5, 0.6) is 0 Å². The molecule has 0 aromatic rings. The summed E-state index contributed by atoms with van der Waals surface area (Å²) in [6.07, 6.45) is 22.8. The van der Waals surface area contributed by atoms with Crippen molar-refractivity contribution in [1.29, 1.82) is 0 Å². The van der Waals surface area contributed by atoms with E-state index in [1.54, 1.807) is 0 Å². The van der Waals surface area contributed by atoms with Crippen molar-refractivity contribution in [2.75, 3.05) is 0 Å². The Morgan fingerprint density at radius 1 is 0.556 bits per heavy atom. The molecule has 0 atom stereocenters. The number of fused-ring (bicyclic) bond motifs is 2. The largest absolute Gasteiger partial charge is 0.0759 e. The highest BCUT2D eigenvalue weighted by Gasteiger charge is 2.57. The minimum atomic E-state index is -0.0422. The smallest absolute Gasteiger partial charge is 0.0167 e. The summed E-state index contributed by atoms with van der Waals surface area (Å²) in [6.45, 7) is 14.0. The summed E-state index contributed by atoms with van der Waals surface area (Å²) in [6, 6.07) is 0.